The maximum absolute atomic E-state index is 6.30. The molecule has 3 aromatic rings. The van der Waals surface area contributed by atoms with Gasteiger partial charge in [0.1, 0.15) is 17.6 Å². The standard InChI is InChI=1S/C22H22ClN3OS/c1-13(2)26-21(20(25-22(26)28)17-6-4-5-11-24-17)19-10-9-18(27-19)15-8-7-14(3)16(23)12-15/h4-13,20-21H,1-3H3,(H,25,28)/t20-,21+/m1/s1. The van der Waals surface area contributed by atoms with E-state index in [9.17, 15) is 0 Å². The average Bonchev–Trinajstić information content (AvgIpc) is 3.29. The first kappa shape index (κ1) is 19.0. The zero-order valence-corrected chi connectivity index (χ0v) is 17.6. The minimum absolute atomic E-state index is 0.0722. The first-order valence-corrected chi connectivity index (χ1v) is 10.1. The summed E-state index contributed by atoms with van der Waals surface area (Å²) < 4.78 is 6.30. The Morgan fingerprint density at radius 2 is 2.00 bits per heavy atom. The summed E-state index contributed by atoms with van der Waals surface area (Å²) in [6.45, 7) is 6.25. The smallest absolute Gasteiger partial charge is 0.170 e. The fourth-order valence-electron chi connectivity index (χ4n) is 3.64. The van der Waals surface area contributed by atoms with Gasteiger partial charge in [0.05, 0.1) is 11.7 Å². The van der Waals surface area contributed by atoms with Crippen LogP contribution in [0.2, 0.25) is 5.02 Å². The van der Waals surface area contributed by atoms with Crippen molar-refractivity contribution < 1.29 is 4.42 Å². The van der Waals surface area contributed by atoms with E-state index in [0.29, 0.717) is 5.11 Å². The Balaban J connectivity index is 1.74. The molecule has 6 heteroatoms. The minimum atomic E-state index is -0.0725. The highest BCUT2D eigenvalue weighted by molar-refractivity contribution is 7.80. The topological polar surface area (TPSA) is 41.3 Å². The monoisotopic (exact) mass is 411 g/mol. The zero-order valence-electron chi connectivity index (χ0n) is 16.0. The molecule has 28 heavy (non-hydrogen) atoms. The van der Waals surface area contributed by atoms with Gasteiger partial charge in [-0.05, 0) is 68.9 Å². The maximum atomic E-state index is 6.30. The molecule has 0 aliphatic carbocycles. The number of halogens is 1. The molecule has 4 nitrogen and oxygen atoms in total. The second-order valence-corrected chi connectivity index (χ2v) is 8.09. The molecule has 1 N–H and O–H groups in total. The number of hydrogen-bond donors (Lipinski definition) is 1. The molecule has 0 amide bonds. The van der Waals surface area contributed by atoms with Crippen molar-refractivity contribution in [2.24, 2.45) is 0 Å². The number of pyridine rings is 1. The van der Waals surface area contributed by atoms with Gasteiger partial charge in [-0.15, -0.1) is 0 Å². The van der Waals surface area contributed by atoms with E-state index in [1.165, 1.54) is 0 Å². The quantitative estimate of drug-likeness (QED) is 0.559. The fourth-order valence-corrected chi connectivity index (χ4v) is 4.27. The third-order valence-corrected chi connectivity index (χ3v) is 5.80. The lowest BCUT2D eigenvalue weighted by atomic mass is 10.0. The second-order valence-electron chi connectivity index (χ2n) is 7.29. The van der Waals surface area contributed by atoms with Crippen LogP contribution < -0.4 is 5.32 Å². The van der Waals surface area contributed by atoms with E-state index in [1.807, 2.05) is 55.5 Å². The molecule has 0 spiro atoms. The van der Waals surface area contributed by atoms with Crippen LogP contribution in [0.4, 0.5) is 0 Å². The van der Waals surface area contributed by atoms with Crippen LogP contribution in [0.15, 0.2) is 59.1 Å². The highest BCUT2D eigenvalue weighted by Crippen LogP contribution is 2.41. The molecule has 144 valence electrons. The van der Waals surface area contributed by atoms with Gasteiger partial charge in [-0.2, -0.15) is 0 Å². The van der Waals surface area contributed by atoms with Gasteiger partial charge in [0, 0.05) is 22.8 Å². The van der Waals surface area contributed by atoms with Crippen LogP contribution in [0.1, 0.15) is 42.9 Å². The molecule has 0 saturated carbocycles. The minimum Gasteiger partial charge on any atom is -0.459 e. The number of rotatable bonds is 4. The fraction of sp³-hybridized carbons (Fsp3) is 0.273. The molecule has 1 aliphatic heterocycles. The Morgan fingerprint density at radius 3 is 2.68 bits per heavy atom. The van der Waals surface area contributed by atoms with Crippen molar-refractivity contribution in [1.29, 1.82) is 0 Å². The molecule has 0 radical (unpaired) electrons. The van der Waals surface area contributed by atoms with E-state index >= 15 is 0 Å². The van der Waals surface area contributed by atoms with Crippen molar-refractivity contribution in [3.63, 3.8) is 0 Å². The Morgan fingerprint density at radius 1 is 1.18 bits per heavy atom. The van der Waals surface area contributed by atoms with Gasteiger partial charge in [-0.3, -0.25) is 4.98 Å². The highest BCUT2D eigenvalue weighted by atomic mass is 35.5. The van der Waals surface area contributed by atoms with Crippen molar-refractivity contribution in [3.05, 3.63) is 76.8 Å². The van der Waals surface area contributed by atoms with E-state index in [0.717, 1.165) is 33.4 Å². The SMILES string of the molecule is Cc1ccc(-c2ccc([C@H]3[C@@H](c4ccccn4)NC(=S)N3C(C)C)o2)cc1Cl. The lowest BCUT2D eigenvalue weighted by Crippen LogP contribution is -2.35. The van der Waals surface area contributed by atoms with Gasteiger partial charge in [-0.1, -0.05) is 29.8 Å². The number of hydrogen-bond acceptors (Lipinski definition) is 3. The molecule has 1 fully saturated rings. The van der Waals surface area contributed by atoms with Crippen molar-refractivity contribution >= 4 is 28.9 Å². The summed E-state index contributed by atoms with van der Waals surface area (Å²) in [5.41, 5.74) is 2.94. The maximum Gasteiger partial charge on any atom is 0.170 e. The summed E-state index contributed by atoms with van der Waals surface area (Å²) in [4.78, 5) is 6.72. The molecule has 1 aromatic carbocycles. The lowest BCUT2D eigenvalue weighted by molar-refractivity contribution is 0.237. The number of nitrogens with one attached hydrogen (secondary N) is 1. The lowest BCUT2D eigenvalue weighted by Gasteiger charge is -2.29. The summed E-state index contributed by atoms with van der Waals surface area (Å²) in [7, 11) is 0. The molecule has 1 aliphatic rings. The molecule has 3 heterocycles. The molecular formula is C22H22ClN3OS. The molecular weight excluding hydrogens is 390 g/mol. The van der Waals surface area contributed by atoms with E-state index in [2.05, 4.69) is 29.0 Å². The third kappa shape index (κ3) is 3.40. The predicted octanol–water partition coefficient (Wildman–Crippen LogP) is 5.68. The van der Waals surface area contributed by atoms with Crippen molar-refractivity contribution in [2.75, 3.05) is 0 Å². The van der Waals surface area contributed by atoms with Crippen LogP contribution >= 0.6 is 23.8 Å². The number of aryl methyl sites for hydroxylation is 1. The van der Waals surface area contributed by atoms with Crippen LogP contribution in [-0.2, 0) is 0 Å². The largest absolute Gasteiger partial charge is 0.459 e. The van der Waals surface area contributed by atoms with Crippen molar-refractivity contribution in [1.82, 2.24) is 15.2 Å². The van der Waals surface area contributed by atoms with Crippen molar-refractivity contribution in [3.8, 4) is 11.3 Å². The van der Waals surface area contributed by atoms with Crippen LogP contribution in [0.5, 0.6) is 0 Å². The van der Waals surface area contributed by atoms with Crippen LogP contribution in [0.3, 0.4) is 0 Å². The molecule has 4 rings (SSSR count). The zero-order chi connectivity index (χ0) is 19.8. The van der Waals surface area contributed by atoms with Gasteiger partial charge < -0.3 is 14.6 Å². The number of aromatic nitrogens is 1. The van der Waals surface area contributed by atoms with Crippen LogP contribution in [0.25, 0.3) is 11.3 Å². The van der Waals surface area contributed by atoms with E-state index in [4.69, 9.17) is 28.2 Å². The van der Waals surface area contributed by atoms with Gasteiger partial charge in [0.2, 0.25) is 0 Å². The molecule has 0 unspecified atom stereocenters. The Labute approximate surface area is 175 Å². The molecule has 1 saturated heterocycles. The van der Waals surface area contributed by atoms with Gasteiger partial charge in [0.15, 0.2) is 5.11 Å². The summed E-state index contributed by atoms with van der Waals surface area (Å²) >= 11 is 11.9. The number of furan rings is 1. The highest BCUT2D eigenvalue weighted by Gasteiger charge is 2.42. The van der Waals surface area contributed by atoms with Crippen molar-refractivity contribution in [2.45, 2.75) is 38.9 Å². The number of thiocarbonyl (C=S) groups is 1. The van der Waals surface area contributed by atoms with Gasteiger partial charge in [0.25, 0.3) is 0 Å². The normalized spacial score (nSPS) is 19.3. The predicted molar refractivity (Wildman–Crippen MR) is 116 cm³/mol. The molecule has 2 aromatic heterocycles. The summed E-state index contributed by atoms with van der Waals surface area (Å²) in [6, 6.07) is 16.0. The molecule has 0 bridgehead atoms. The van der Waals surface area contributed by atoms with Crippen LogP contribution in [0, 0.1) is 6.92 Å². The summed E-state index contributed by atoms with van der Waals surface area (Å²) in [5.74, 6) is 1.64. The van der Waals surface area contributed by atoms with E-state index in [-0.39, 0.29) is 18.1 Å². The summed E-state index contributed by atoms with van der Waals surface area (Å²) in [5, 5.41) is 4.88. The van der Waals surface area contributed by atoms with Gasteiger partial charge in [-0.25, -0.2) is 0 Å². The second kappa shape index (κ2) is 7.57. The number of nitrogens with zero attached hydrogens (tertiary/aromatic N) is 2. The Bertz CT molecular complexity index is 1000. The number of benzene rings is 1. The Hall–Kier alpha value is -2.37. The van der Waals surface area contributed by atoms with E-state index < -0.39 is 0 Å². The first-order valence-electron chi connectivity index (χ1n) is 9.31. The average molecular weight is 412 g/mol. The first-order chi connectivity index (χ1) is 13.5. The van der Waals surface area contributed by atoms with E-state index in [1.54, 1.807) is 6.20 Å². The molecule has 2 atom stereocenters. The summed E-state index contributed by atoms with van der Waals surface area (Å²) in [6.07, 6.45) is 1.80. The third-order valence-electron chi connectivity index (χ3n) is 5.07. The Kier molecular flexibility index (Phi) is 5.13. The van der Waals surface area contributed by atoms with Gasteiger partial charge >= 0.3 is 0 Å². The van der Waals surface area contributed by atoms with Crippen LogP contribution in [-0.4, -0.2) is 21.0 Å².